The average Bonchev–Trinajstić information content (AvgIpc) is 2.73. The van der Waals surface area contributed by atoms with Crippen LogP contribution in [0.4, 0.5) is 5.82 Å². The molecular weight excluding hydrogens is 374 g/mol. The van der Waals surface area contributed by atoms with Gasteiger partial charge >= 0.3 is 5.97 Å². The summed E-state index contributed by atoms with van der Waals surface area (Å²) in [6, 6.07) is 14.8. The molecule has 0 fully saturated rings. The number of carboxylic acids is 1. The van der Waals surface area contributed by atoms with Crippen LogP contribution in [0.25, 0.3) is 16.5 Å². The predicted octanol–water partition coefficient (Wildman–Crippen LogP) is 5.69. The molecular formula is C25H27N3O2. The van der Waals surface area contributed by atoms with Crippen molar-refractivity contribution in [1.82, 2.24) is 9.97 Å². The van der Waals surface area contributed by atoms with Crippen molar-refractivity contribution in [2.45, 2.75) is 46.1 Å². The maximum absolute atomic E-state index is 11.2. The first-order valence-corrected chi connectivity index (χ1v) is 10.4. The zero-order chi connectivity index (χ0) is 21.3. The molecule has 1 aliphatic carbocycles. The number of hydrogen-bond donors (Lipinski definition) is 2. The molecule has 2 N–H and O–H groups in total. The van der Waals surface area contributed by atoms with Crippen LogP contribution in [0.5, 0.6) is 0 Å². The molecule has 0 spiro atoms. The van der Waals surface area contributed by atoms with E-state index in [1.165, 1.54) is 16.7 Å². The van der Waals surface area contributed by atoms with E-state index in [2.05, 4.69) is 66.6 Å². The van der Waals surface area contributed by atoms with Crippen LogP contribution in [0.1, 0.15) is 54.7 Å². The summed E-state index contributed by atoms with van der Waals surface area (Å²) in [5.41, 5.74) is 5.67. The topological polar surface area (TPSA) is 75.1 Å². The van der Waals surface area contributed by atoms with E-state index >= 15 is 0 Å². The van der Waals surface area contributed by atoms with Crippen molar-refractivity contribution in [3.05, 3.63) is 71.1 Å². The number of aromatic nitrogens is 2. The smallest absolute Gasteiger partial charge is 0.306 e. The quantitative estimate of drug-likeness (QED) is 0.575. The molecule has 154 valence electrons. The highest BCUT2D eigenvalue weighted by molar-refractivity contribution is 5.92. The third-order valence-corrected chi connectivity index (χ3v) is 5.83. The highest BCUT2D eigenvalue weighted by Crippen LogP contribution is 2.33. The lowest BCUT2D eigenvalue weighted by Crippen LogP contribution is -2.15. The van der Waals surface area contributed by atoms with Crippen molar-refractivity contribution in [2.24, 2.45) is 5.92 Å². The minimum Gasteiger partial charge on any atom is -0.481 e. The first kappa shape index (κ1) is 20.1. The number of nitrogens with one attached hydrogen (secondary N) is 1. The molecule has 5 heteroatoms. The predicted molar refractivity (Wildman–Crippen MR) is 120 cm³/mol. The Morgan fingerprint density at radius 3 is 2.70 bits per heavy atom. The monoisotopic (exact) mass is 401 g/mol. The second-order valence-corrected chi connectivity index (χ2v) is 8.17. The van der Waals surface area contributed by atoms with E-state index in [0.29, 0.717) is 12.8 Å². The number of hydrogen-bond acceptors (Lipinski definition) is 4. The van der Waals surface area contributed by atoms with Crippen molar-refractivity contribution < 1.29 is 9.90 Å². The summed E-state index contributed by atoms with van der Waals surface area (Å²) >= 11 is 0. The number of anilines is 1. The summed E-state index contributed by atoms with van der Waals surface area (Å²) in [7, 11) is 0. The van der Waals surface area contributed by atoms with E-state index < -0.39 is 5.97 Å². The first-order chi connectivity index (χ1) is 14.4. The number of allylic oxidation sites excluding steroid dienone is 2. The molecule has 4 rings (SSSR count). The van der Waals surface area contributed by atoms with Crippen LogP contribution in [0, 0.1) is 19.8 Å². The minimum absolute atomic E-state index is 0.108. The molecule has 0 bridgehead atoms. The first-order valence-electron chi connectivity index (χ1n) is 10.4. The van der Waals surface area contributed by atoms with Gasteiger partial charge in [0.2, 0.25) is 0 Å². The van der Waals surface area contributed by atoms with Crippen LogP contribution < -0.4 is 5.32 Å². The molecule has 3 aromatic rings. The lowest BCUT2D eigenvalue weighted by atomic mass is 9.86. The van der Waals surface area contributed by atoms with Crippen LogP contribution in [0.15, 0.2) is 48.5 Å². The van der Waals surface area contributed by atoms with E-state index in [-0.39, 0.29) is 12.0 Å². The van der Waals surface area contributed by atoms with Gasteiger partial charge in [-0.05, 0) is 68.9 Å². The largest absolute Gasteiger partial charge is 0.481 e. The Morgan fingerprint density at radius 1 is 1.17 bits per heavy atom. The van der Waals surface area contributed by atoms with Crippen molar-refractivity contribution >= 4 is 28.3 Å². The van der Waals surface area contributed by atoms with Gasteiger partial charge in [0.15, 0.2) is 0 Å². The Morgan fingerprint density at radius 2 is 2.00 bits per heavy atom. The minimum atomic E-state index is -0.704. The van der Waals surface area contributed by atoms with E-state index in [1.54, 1.807) is 0 Å². The highest BCUT2D eigenvalue weighted by atomic mass is 16.4. The number of aliphatic carboxylic acids is 1. The molecule has 30 heavy (non-hydrogen) atoms. The second kappa shape index (κ2) is 8.27. The van der Waals surface area contributed by atoms with Crippen molar-refractivity contribution in [1.29, 1.82) is 0 Å². The summed E-state index contributed by atoms with van der Waals surface area (Å²) in [6.45, 7) is 6.14. The van der Waals surface area contributed by atoms with Crippen LogP contribution in [-0.4, -0.2) is 21.0 Å². The second-order valence-electron chi connectivity index (χ2n) is 8.17. The van der Waals surface area contributed by atoms with E-state index in [9.17, 15) is 9.90 Å². The number of nitrogens with zero attached hydrogens (tertiary/aromatic N) is 2. The van der Waals surface area contributed by atoms with Crippen LogP contribution in [0.2, 0.25) is 0 Å². The fourth-order valence-electron chi connectivity index (χ4n) is 4.10. The Labute approximate surface area is 176 Å². The van der Waals surface area contributed by atoms with Gasteiger partial charge in [-0.25, -0.2) is 9.97 Å². The number of carbonyl (C=O) groups is 1. The van der Waals surface area contributed by atoms with Gasteiger partial charge < -0.3 is 10.4 Å². The standard InChI is InChI=1S/C25H27N3O2/c1-15-5-4-6-20(13-15)16(2)26-24-22-14-21(11-12-23(22)27-17(3)28-24)18-7-9-19(10-8-18)25(29)30/h4-7,11-14,16,19H,8-10H2,1-3H3,(H,29,30)(H,26,27,28)/t16-,19?/m0/s1. The fourth-order valence-corrected chi connectivity index (χ4v) is 4.10. The maximum atomic E-state index is 11.2. The van der Waals surface area contributed by atoms with Gasteiger partial charge in [-0.3, -0.25) is 4.79 Å². The number of benzene rings is 2. The van der Waals surface area contributed by atoms with Gasteiger partial charge in [0.1, 0.15) is 11.6 Å². The van der Waals surface area contributed by atoms with Crippen molar-refractivity contribution in [2.75, 3.05) is 5.32 Å². The van der Waals surface area contributed by atoms with Gasteiger partial charge in [0.05, 0.1) is 11.4 Å². The molecule has 0 amide bonds. The number of aryl methyl sites for hydroxylation is 2. The molecule has 2 atom stereocenters. The molecule has 1 heterocycles. The Kier molecular flexibility index (Phi) is 5.53. The van der Waals surface area contributed by atoms with Gasteiger partial charge in [-0.2, -0.15) is 0 Å². The number of rotatable bonds is 5. The summed E-state index contributed by atoms with van der Waals surface area (Å²) in [5, 5.41) is 13.8. The third kappa shape index (κ3) is 4.20. The molecule has 1 aromatic heterocycles. The molecule has 1 aliphatic rings. The molecule has 0 saturated carbocycles. The van der Waals surface area contributed by atoms with E-state index in [4.69, 9.17) is 4.98 Å². The summed E-state index contributed by atoms with van der Waals surface area (Å²) in [6.07, 6.45) is 4.11. The van der Waals surface area contributed by atoms with Crippen LogP contribution in [0.3, 0.4) is 0 Å². The molecule has 0 aliphatic heterocycles. The Hall–Kier alpha value is -3.21. The lowest BCUT2D eigenvalue weighted by Gasteiger charge is -2.20. The average molecular weight is 402 g/mol. The normalized spacial score (nSPS) is 17.4. The fraction of sp³-hybridized carbons (Fsp3) is 0.320. The number of carboxylic acid groups (broad SMARTS) is 1. The summed E-state index contributed by atoms with van der Waals surface area (Å²) in [4.78, 5) is 20.5. The Balaban J connectivity index is 1.68. The van der Waals surface area contributed by atoms with E-state index in [0.717, 1.165) is 34.5 Å². The van der Waals surface area contributed by atoms with E-state index in [1.807, 2.05) is 13.0 Å². The van der Waals surface area contributed by atoms with Gasteiger partial charge in [0.25, 0.3) is 0 Å². The SMILES string of the molecule is Cc1cccc([C@H](C)Nc2nc(C)nc3ccc(C4=CCC(C(=O)O)CC4)cc23)c1. The van der Waals surface area contributed by atoms with Gasteiger partial charge in [-0.1, -0.05) is 42.0 Å². The van der Waals surface area contributed by atoms with Gasteiger partial charge in [-0.15, -0.1) is 0 Å². The van der Waals surface area contributed by atoms with Crippen molar-refractivity contribution in [3.63, 3.8) is 0 Å². The molecule has 2 aromatic carbocycles. The number of fused-ring (bicyclic) bond motifs is 1. The molecule has 0 saturated heterocycles. The zero-order valence-corrected chi connectivity index (χ0v) is 17.6. The Bertz CT molecular complexity index is 1140. The molecule has 5 nitrogen and oxygen atoms in total. The van der Waals surface area contributed by atoms with Crippen LogP contribution >= 0.6 is 0 Å². The van der Waals surface area contributed by atoms with Crippen LogP contribution in [-0.2, 0) is 4.79 Å². The molecule has 1 unspecified atom stereocenters. The highest BCUT2D eigenvalue weighted by Gasteiger charge is 2.21. The van der Waals surface area contributed by atoms with Gasteiger partial charge in [0, 0.05) is 11.4 Å². The molecule has 0 radical (unpaired) electrons. The third-order valence-electron chi connectivity index (χ3n) is 5.83. The summed E-state index contributed by atoms with van der Waals surface area (Å²) in [5.74, 6) is 0.584. The summed E-state index contributed by atoms with van der Waals surface area (Å²) < 4.78 is 0. The van der Waals surface area contributed by atoms with Crippen molar-refractivity contribution in [3.8, 4) is 0 Å². The maximum Gasteiger partial charge on any atom is 0.306 e. The lowest BCUT2D eigenvalue weighted by molar-refractivity contribution is -0.141. The zero-order valence-electron chi connectivity index (χ0n) is 17.6.